The molecule has 1 amide bonds. The topological polar surface area (TPSA) is 46.2 Å². The lowest BCUT2D eigenvalue weighted by molar-refractivity contribution is -0.120. The average Bonchev–Trinajstić information content (AvgIpc) is 2.97. The Labute approximate surface area is 177 Å². The first-order valence-corrected chi connectivity index (χ1v) is 10.8. The standard InChI is InChI=1S/C26H39NO2/c1-8-19(4)14-21(6)16-22(7)15-20(5)11-9-10-12-25(28)24-17-23(13-18(2)3)27-26(24)29/h8,10,12,14,16-18,20,23H,9,11,13,15H2,1-7H3,(H,27,29)/b12-10+,19-8+,21-14+,22-16+/t20-,23+/m1/s1. The Kier molecular flexibility index (Phi) is 10.6. The van der Waals surface area contributed by atoms with Gasteiger partial charge in [0.05, 0.1) is 5.57 Å². The zero-order valence-electron chi connectivity index (χ0n) is 19.3. The van der Waals surface area contributed by atoms with E-state index in [9.17, 15) is 9.59 Å². The van der Waals surface area contributed by atoms with E-state index < -0.39 is 0 Å². The maximum absolute atomic E-state index is 12.3. The summed E-state index contributed by atoms with van der Waals surface area (Å²) in [6, 6.07) is -0.0151. The molecule has 1 rings (SSSR count). The summed E-state index contributed by atoms with van der Waals surface area (Å²) in [6.07, 6.45) is 15.6. The summed E-state index contributed by atoms with van der Waals surface area (Å²) in [4.78, 5) is 24.3. The summed E-state index contributed by atoms with van der Waals surface area (Å²) in [5.74, 6) is 0.603. The van der Waals surface area contributed by atoms with Gasteiger partial charge in [-0.15, -0.1) is 0 Å². The molecule has 0 aromatic rings. The van der Waals surface area contributed by atoms with E-state index in [4.69, 9.17) is 0 Å². The molecule has 1 heterocycles. The zero-order valence-corrected chi connectivity index (χ0v) is 19.3. The molecular weight excluding hydrogens is 358 g/mol. The number of hydrogen-bond acceptors (Lipinski definition) is 2. The summed E-state index contributed by atoms with van der Waals surface area (Å²) in [6.45, 7) is 14.9. The van der Waals surface area contributed by atoms with Crippen molar-refractivity contribution in [3.8, 4) is 0 Å². The number of nitrogens with one attached hydrogen (secondary N) is 1. The van der Waals surface area contributed by atoms with E-state index in [1.54, 1.807) is 12.2 Å². The lowest BCUT2D eigenvalue weighted by Gasteiger charge is -2.10. The van der Waals surface area contributed by atoms with E-state index in [1.807, 2.05) is 6.08 Å². The molecule has 0 radical (unpaired) electrons. The molecule has 0 aromatic carbocycles. The third-order valence-corrected chi connectivity index (χ3v) is 5.07. The second-order valence-electron chi connectivity index (χ2n) is 8.85. The van der Waals surface area contributed by atoms with Gasteiger partial charge in [0.2, 0.25) is 0 Å². The van der Waals surface area contributed by atoms with Crippen LogP contribution in [0, 0.1) is 11.8 Å². The minimum atomic E-state index is -0.240. The predicted octanol–water partition coefficient (Wildman–Crippen LogP) is 6.25. The number of allylic oxidation sites excluding steroid dienone is 8. The molecule has 1 aliphatic rings. The van der Waals surface area contributed by atoms with Gasteiger partial charge in [-0.05, 0) is 77.4 Å². The number of hydrogen-bond donors (Lipinski definition) is 1. The Bertz CT molecular complexity index is 732. The summed E-state index contributed by atoms with van der Waals surface area (Å²) < 4.78 is 0. The third-order valence-electron chi connectivity index (χ3n) is 5.07. The smallest absolute Gasteiger partial charge is 0.255 e. The van der Waals surface area contributed by atoms with Crippen molar-refractivity contribution in [2.45, 2.75) is 80.2 Å². The zero-order chi connectivity index (χ0) is 22.0. The van der Waals surface area contributed by atoms with Crippen LogP contribution in [0.3, 0.4) is 0 Å². The Morgan fingerprint density at radius 1 is 1.14 bits per heavy atom. The number of rotatable bonds is 11. The summed E-state index contributed by atoms with van der Waals surface area (Å²) in [7, 11) is 0. The van der Waals surface area contributed by atoms with Gasteiger partial charge in [0.15, 0.2) is 5.78 Å². The molecular formula is C26H39NO2. The first-order chi connectivity index (χ1) is 13.6. The molecule has 29 heavy (non-hydrogen) atoms. The van der Waals surface area contributed by atoms with Gasteiger partial charge in [0.25, 0.3) is 5.91 Å². The molecule has 3 nitrogen and oxygen atoms in total. The van der Waals surface area contributed by atoms with Crippen molar-refractivity contribution in [1.82, 2.24) is 5.32 Å². The van der Waals surface area contributed by atoms with Crippen LogP contribution in [-0.2, 0) is 9.59 Å². The van der Waals surface area contributed by atoms with E-state index in [0.29, 0.717) is 11.8 Å². The van der Waals surface area contributed by atoms with Gasteiger partial charge < -0.3 is 5.32 Å². The SMILES string of the molecule is C/C=C(C)/C=C(C)/C=C(\C)C[C@H](C)CC/C=C/C(=O)C1=C[C@H](CC(C)C)NC1=O. The summed E-state index contributed by atoms with van der Waals surface area (Å²) >= 11 is 0. The lowest BCUT2D eigenvalue weighted by Crippen LogP contribution is -2.29. The van der Waals surface area contributed by atoms with Crippen LogP contribution in [0.1, 0.15) is 74.1 Å². The van der Waals surface area contributed by atoms with Gasteiger partial charge in [0, 0.05) is 6.04 Å². The van der Waals surface area contributed by atoms with Gasteiger partial charge in [0.1, 0.15) is 0 Å². The number of amides is 1. The van der Waals surface area contributed by atoms with Crippen LogP contribution in [-0.4, -0.2) is 17.7 Å². The van der Waals surface area contributed by atoms with Crippen molar-refractivity contribution in [3.63, 3.8) is 0 Å². The molecule has 3 heteroatoms. The van der Waals surface area contributed by atoms with Gasteiger partial charge in [-0.25, -0.2) is 0 Å². The van der Waals surface area contributed by atoms with Crippen LogP contribution in [0.15, 0.2) is 58.7 Å². The Hall–Kier alpha value is -2.16. The van der Waals surface area contributed by atoms with Crippen molar-refractivity contribution < 1.29 is 9.59 Å². The monoisotopic (exact) mass is 397 g/mol. The van der Waals surface area contributed by atoms with Gasteiger partial charge >= 0.3 is 0 Å². The normalized spacial score (nSPS) is 19.7. The highest BCUT2D eigenvalue weighted by atomic mass is 16.2. The Morgan fingerprint density at radius 3 is 2.45 bits per heavy atom. The molecule has 1 N–H and O–H groups in total. The molecule has 0 aromatic heterocycles. The highest BCUT2D eigenvalue weighted by Gasteiger charge is 2.26. The fourth-order valence-corrected chi connectivity index (χ4v) is 3.64. The average molecular weight is 398 g/mol. The van der Waals surface area contributed by atoms with Crippen LogP contribution in [0.4, 0.5) is 0 Å². The summed E-state index contributed by atoms with van der Waals surface area (Å²) in [5.41, 5.74) is 4.21. The predicted molar refractivity (Wildman–Crippen MR) is 124 cm³/mol. The quantitative estimate of drug-likeness (QED) is 0.254. The number of carbonyl (C=O) groups is 2. The van der Waals surface area contributed by atoms with Crippen molar-refractivity contribution in [3.05, 3.63) is 58.7 Å². The number of carbonyl (C=O) groups excluding carboxylic acids is 2. The van der Waals surface area contributed by atoms with E-state index in [1.165, 1.54) is 16.7 Å². The van der Waals surface area contributed by atoms with Gasteiger partial charge in [-0.3, -0.25) is 9.59 Å². The van der Waals surface area contributed by atoms with E-state index in [2.05, 4.69) is 72.0 Å². The maximum Gasteiger partial charge on any atom is 0.255 e. The van der Waals surface area contributed by atoms with E-state index in [-0.39, 0.29) is 23.3 Å². The van der Waals surface area contributed by atoms with Crippen molar-refractivity contribution in [2.24, 2.45) is 11.8 Å². The minimum absolute atomic E-state index is 0.0151. The van der Waals surface area contributed by atoms with Crippen LogP contribution in [0.25, 0.3) is 0 Å². The molecule has 160 valence electrons. The first kappa shape index (κ1) is 24.9. The lowest BCUT2D eigenvalue weighted by atomic mass is 9.95. The fraction of sp³-hybridized carbons (Fsp3) is 0.538. The third kappa shape index (κ3) is 9.74. The first-order valence-electron chi connectivity index (χ1n) is 10.8. The van der Waals surface area contributed by atoms with Crippen LogP contribution < -0.4 is 5.32 Å². The van der Waals surface area contributed by atoms with E-state index >= 15 is 0 Å². The molecule has 0 spiro atoms. The van der Waals surface area contributed by atoms with Crippen LogP contribution >= 0.6 is 0 Å². The van der Waals surface area contributed by atoms with Crippen LogP contribution in [0.5, 0.6) is 0 Å². The molecule has 0 saturated heterocycles. The van der Waals surface area contributed by atoms with Crippen molar-refractivity contribution in [1.29, 1.82) is 0 Å². The molecule has 0 aliphatic carbocycles. The molecule has 2 atom stereocenters. The summed E-state index contributed by atoms with van der Waals surface area (Å²) in [5, 5.41) is 2.88. The van der Waals surface area contributed by atoms with Crippen molar-refractivity contribution >= 4 is 11.7 Å². The molecule has 0 saturated carbocycles. The number of ketones is 1. The molecule has 0 bridgehead atoms. The van der Waals surface area contributed by atoms with Gasteiger partial charge in [-0.2, -0.15) is 0 Å². The van der Waals surface area contributed by atoms with Crippen LogP contribution in [0.2, 0.25) is 0 Å². The highest BCUT2D eigenvalue weighted by Crippen LogP contribution is 2.19. The minimum Gasteiger partial charge on any atom is -0.346 e. The second-order valence-corrected chi connectivity index (χ2v) is 8.85. The largest absolute Gasteiger partial charge is 0.346 e. The van der Waals surface area contributed by atoms with E-state index in [0.717, 1.165) is 25.7 Å². The maximum atomic E-state index is 12.3. The Morgan fingerprint density at radius 2 is 1.83 bits per heavy atom. The van der Waals surface area contributed by atoms with Gasteiger partial charge in [-0.1, -0.05) is 61.8 Å². The Balaban J connectivity index is 2.48. The molecule has 0 unspecified atom stereocenters. The molecule has 0 fully saturated rings. The fourth-order valence-electron chi connectivity index (χ4n) is 3.64. The molecule has 1 aliphatic heterocycles. The van der Waals surface area contributed by atoms with Crippen molar-refractivity contribution in [2.75, 3.05) is 0 Å². The second kappa shape index (κ2) is 12.4. The highest BCUT2D eigenvalue weighted by molar-refractivity contribution is 6.24.